The van der Waals surface area contributed by atoms with Crippen molar-refractivity contribution in [1.82, 2.24) is 4.98 Å². The molecule has 6 heteroatoms. The number of carboxylic acid groups (broad SMARTS) is 1. The molecule has 2 aromatic carbocycles. The highest BCUT2D eigenvalue weighted by atomic mass is 19.3. The lowest BCUT2D eigenvalue weighted by molar-refractivity contribution is -0.0499. The number of carboxylic acids is 1. The Bertz CT molecular complexity index is 1080. The summed E-state index contributed by atoms with van der Waals surface area (Å²) in [7, 11) is 0. The summed E-state index contributed by atoms with van der Waals surface area (Å²) in [6, 6.07) is 13.6. The number of allylic oxidation sites excluding steroid dienone is 1. The summed E-state index contributed by atoms with van der Waals surface area (Å²) in [6.07, 6.45) is 2.87. The Morgan fingerprint density at radius 1 is 1.11 bits per heavy atom. The van der Waals surface area contributed by atoms with Gasteiger partial charge in [-0.1, -0.05) is 36.4 Å². The molecule has 4 rings (SSSR count). The summed E-state index contributed by atoms with van der Waals surface area (Å²) in [5, 5.41) is 10.3. The predicted molar refractivity (Wildman–Crippen MR) is 98.0 cm³/mol. The van der Waals surface area contributed by atoms with Gasteiger partial charge in [0, 0.05) is 10.9 Å². The largest absolute Gasteiger partial charge is 0.478 e. The highest BCUT2D eigenvalue weighted by molar-refractivity contribution is 6.06. The van der Waals surface area contributed by atoms with Gasteiger partial charge >= 0.3 is 12.6 Å². The van der Waals surface area contributed by atoms with Crippen molar-refractivity contribution < 1.29 is 23.4 Å². The molecular weight excluding hydrogens is 352 g/mol. The normalized spacial score (nSPS) is 14.7. The summed E-state index contributed by atoms with van der Waals surface area (Å²) >= 11 is 0. The van der Waals surface area contributed by atoms with Crippen LogP contribution >= 0.6 is 0 Å². The molecule has 0 unspecified atom stereocenters. The average Bonchev–Trinajstić information content (AvgIpc) is 3.03. The van der Waals surface area contributed by atoms with E-state index >= 15 is 0 Å². The third-order valence-electron chi connectivity index (χ3n) is 4.62. The second kappa shape index (κ2) is 6.79. The van der Waals surface area contributed by atoms with Crippen LogP contribution in [0.25, 0.3) is 22.6 Å². The van der Waals surface area contributed by atoms with Crippen LogP contribution in [0.15, 0.2) is 48.5 Å². The zero-order valence-electron chi connectivity index (χ0n) is 14.2. The summed E-state index contributed by atoms with van der Waals surface area (Å²) in [6.45, 7) is -2.92. The van der Waals surface area contributed by atoms with Crippen LogP contribution in [0.5, 0.6) is 5.75 Å². The Labute approximate surface area is 153 Å². The van der Waals surface area contributed by atoms with Crippen molar-refractivity contribution in [2.45, 2.75) is 19.5 Å². The summed E-state index contributed by atoms with van der Waals surface area (Å²) < 4.78 is 29.9. The van der Waals surface area contributed by atoms with E-state index in [2.05, 4.69) is 9.72 Å². The van der Waals surface area contributed by atoms with Gasteiger partial charge in [0.25, 0.3) is 0 Å². The molecule has 0 radical (unpaired) electrons. The molecule has 0 atom stereocenters. The number of carbonyl (C=O) groups is 1. The van der Waals surface area contributed by atoms with Crippen LogP contribution in [0.3, 0.4) is 0 Å². The molecule has 1 heterocycles. The van der Waals surface area contributed by atoms with E-state index in [0.717, 1.165) is 5.57 Å². The number of nitrogens with zero attached hydrogens (tertiary/aromatic N) is 1. The molecule has 0 aliphatic heterocycles. The molecule has 0 saturated heterocycles. The van der Waals surface area contributed by atoms with Crippen molar-refractivity contribution in [3.05, 3.63) is 70.9 Å². The minimum absolute atomic E-state index is 0.0766. The number of pyridine rings is 1. The monoisotopic (exact) mass is 367 g/mol. The fourth-order valence-corrected chi connectivity index (χ4v) is 3.51. The molecule has 1 aromatic heterocycles. The van der Waals surface area contributed by atoms with E-state index < -0.39 is 12.6 Å². The average molecular weight is 367 g/mol. The van der Waals surface area contributed by atoms with E-state index in [1.54, 1.807) is 48.5 Å². The summed E-state index contributed by atoms with van der Waals surface area (Å²) in [5.41, 5.74) is 3.46. The highest BCUT2D eigenvalue weighted by Gasteiger charge is 2.26. The quantitative estimate of drug-likeness (QED) is 0.703. The predicted octanol–water partition coefficient (Wildman–Crippen LogP) is 5.02. The SMILES string of the molecule is O=C(O)c1c2c(nc3ccccc13)/C(=C/c1ccccc1OC(F)F)CC2. The zero-order chi connectivity index (χ0) is 19.0. The first-order valence-corrected chi connectivity index (χ1v) is 8.44. The molecule has 136 valence electrons. The van der Waals surface area contributed by atoms with Gasteiger partial charge in [-0.25, -0.2) is 9.78 Å². The van der Waals surface area contributed by atoms with Gasteiger partial charge in [0.1, 0.15) is 5.75 Å². The van der Waals surface area contributed by atoms with E-state index in [0.29, 0.717) is 40.6 Å². The maximum Gasteiger partial charge on any atom is 0.387 e. The lowest BCUT2D eigenvalue weighted by Gasteiger charge is -2.10. The maximum absolute atomic E-state index is 12.6. The lowest BCUT2D eigenvalue weighted by atomic mass is 10.0. The van der Waals surface area contributed by atoms with Crippen LogP contribution in [0.2, 0.25) is 0 Å². The molecule has 27 heavy (non-hydrogen) atoms. The van der Waals surface area contributed by atoms with Gasteiger partial charge in [-0.15, -0.1) is 0 Å². The molecule has 1 aliphatic carbocycles. The maximum atomic E-state index is 12.6. The molecule has 1 aliphatic rings. The van der Waals surface area contributed by atoms with Crippen LogP contribution in [-0.4, -0.2) is 22.7 Å². The summed E-state index contributed by atoms with van der Waals surface area (Å²) in [4.78, 5) is 16.5. The summed E-state index contributed by atoms with van der Waals surface area (Å²) in [5.74, 6) is -0.916. The fraction of sp³-hybridized carbons (Fsp3) is 0.143. The molecule has 0 amide bonds. The second-order valence-electron chi connectivity index (χ2n) is 6.22. The van der Waals surface area contributed by atoms with Gasteiger partial charge in [-0.05, 0) is 42.2 Å². The highest BCUT2D eigenvalue weighted by Crippen LogP contribution is 2.38. The van der Waals surface area contributed by atoms with Gasteiger partial charge in [0.15, 0.2) is 0 Å². The molecule has 1 N–H and O–H groups in total. The molecule has 0 fully saturated rings. The van der Waals surface area contributed by atoms with Gasteiger partial charge in [0.2, 0.25) is 0 Å². The number of fused-ring (bicyclic) bond motifs is 2. The Balaban J connectivity index is 1.88. The van der Waals surface area contributed by atoms with Gasteiger partial charge in [-0.3, -0.25) is 0 Å². The van der Waals surface area contributed by atoms with Crippen molar-refractivity contribution in [3.63, 3.8) is 0 Å². The van der Waals surface area contributed by atoms with Crippen molar-refractivity contribution in [3.8, 4) is 5.75 Å². The zero-order valence-corrected chi connectivity index (χ0v) is 14.2. The Hall–Kier alpha value is -3.28. The number of ether oxygens (including phenoxy) is 1. The number of para-hydroxylation sites is 2. The molecule has 0 spiro atoms. The number of hydrogen-bond acceptors (Lipinski definition) is 3. The standard InChI is InChI=1S/C21H15F2NO3/c22-21(23)27-17-8-4-1-5-12(17)11-13-9-10-15-18(20(25)26)14-6-2-3-7-16(14)24-19(13)15/h1-8,11,21H,9-10H2,(H,25,26)/b13-11+. The van der Waals surface area contributed by atoms with Crippen molar-refractivity contribution in [2.75, 3.05) is 0 Å². The van der Waals surface area contributed by atoms with Crippen LogP contribution in [0.4, 0.5) is 8.78 Å². The number of aromatic carboxylic acids is 1. The number of alkyl halides is 2. The first kappa shape index (κ1) is 17.1. The van der Waals surface area contributed by atoms with Crippen molar-refractivity contribution in [1.29, 1.82) is 0 Å². The second-order valence-corrected chi connectivity index (χ2v) is 6.22. The first-order valence-electron chi connectivity index (χ1n) is 8.44. The molecule has 3 aromatic rings. The minimum Gasteiger partial charge on any atom is -0.478 e. The molecular formula is C21H15F2NO3. The topological polar surface area (TPSA) is 59.4 Å². The lowest BCUT2D eigenvalue weighted by Crippen LogP contribution is -2.05. The fourth-order valence-electron chi connectivity index (χ4n) is 3.51. The third-order valence-corrected chi connectivity index (χ3v) is 4.62. The minimum atomic E-state index is -2.92. The van der Waals surface area contributed by atoms with E-state index in [9.17, 15) is 18.7 Å². The Morgan fingerprint density at radius 2 is 1.85 bits per heavy atom. The number of aromatic nitrogens is 1. The van der Waals surface area contributed by atoms with E-state index in [-0.39, 0.29) is 11.3 Å². The van der Waals surface area contributed by atoms with Crippen molar-refractivity contribution >= 4 is 28.5 Å². The Kier molecular flexibility index (Phi) is 4.32. The first-order chi connectivity index (χ1) is 13.0. The van der Waals surface area contributed by atoms with Gasteiger partial charge in [0.05, 0.1) is 16.8 Å². The molecule has 0 bridgehead atoms. The Morgan fingerprint density at radius 3 is 2.63 bits per heavy atom. The molecule has 0 saturated carbocycles. The van der Waals surface area contributed by atoms with Crippen molar-refractivity contribution in [2.24, 2.45) is 0 Å². The third kappa shape index (κ3) is 3.14. The number of hydrogen-bond donors (Lipinski definition) is 1. The molecule has 4 nitrogen and oxygen atoms in total. The number of halogens is 2. The van der Waals surface area contributed by atoms with Gasteiger partial charge in [-0.2, -0.15) is 8.78 Å². The van der Waals surface area contributed by atoms with E-state index in [1.807, 2.05) is 0 Å². The van der Waals surface area contributed by atoms with E-state index in [4.69, 9.17) is 0 Å². The van der Waals surface area contributed by atoms with Crippen LogP contribution in [-0.2, 0) is 6.42 Å². The van der Waals surface area contributed by atoms with E-state index in [1.165, 1.54) is 6.07 Å². The van der Waals surface area contributed by atoms with Crippen LogP contribution in [0.1, 0.15) is 33.6 Å². The van der Waals surface area contributed by atoms with Gasteiger partial charge < -0.3 is 9.84 Å². The number of rotatable bonds is 4. The number of benzene rings is 2. The van der Waals surface area contributed by atoms with Crippen LogP contribution < -0.4 is 4.74 Å². The van der Waals surface area contributed by atoms with Crippen LogP contribution in [0, 0.1) is 0 Å². The smallest absolute Gasteiger partial charge is 0.387 e.